The summed E-state index contributed by atoms with van der Waals surface area (Å²) in [7, 11) is 0. The molecule has 1 saturated carbocycles. The number of nitrogens with one attached hydrogen (secondary N) is 1. The fourth-order valence-corrected chi connectivity index (χ4v) is 1.46. The molecule has 0 aromatic carbocycles. The Balaban J connectivity index is 2.09. The minimum absolute atomic E-state index is 0.370. The zero-order valence-corrected chi connectivity index (χ0v) is 7.95. The molecule has 1 N–H and O–H groups in total. The Kier molecular flexibility index (Phi) is 2.02. The summed E-state index contributed by atoms with van der Waals surface area (Å²) in [6.07, 6.45) is 2.14. The van der Waals surface area contributed by atoms with Crippen molar-refractivity contribution >= 4 is 17.8 Å². The summed E-state index contributed by atoms with van der Waals surface area (Å²) in [4.78, 5) is 35.1. The number of urea groups is 1. The quantitative estimate of drug-likeness (QED) is 0.637. The van der Waals surface area contributed by atoms with Crippen LogP contribution in [0, 0.1) is 11.8 Å². The van der Waals surface area contributed by atoms with Gasteiger partial charge in [0.25, 0.3) is 0 Å². The molecular formula is C9H12N2O3. The Morgan fingerprint density at radius 2 is 2.00 bits per heavy atom. The van der Waals surface area contributed by atoms with Gasteiger partial charge in [-0.3, -0.25) is 19.8 Å². The van der Waals surface area contributed by atoms with Crippen molar-refractivity contribution in [2.75, 3.05) is 6.54 Å². The van der Waals surface area contributed by atoms with E-state index in [0.29, 0.717) is 12.5 Å². The van der Waals surface area contributed by atoms with Gasteiger partial charge in [-0.15, -0.1) is 0 Å². The molecule has 1 saturated heterocycles. The molecule has 0 bridgehead atoms. The zero-order valence-electron chi connectivity index (χ0n) is 7.95. The minimum Gasteiger partial charge on any atom is -0.277 e. The number of imide groups is 2. The first kappa shape index (κ1) is 9.18. The van der Waals surface area contributed by atoms with E-state index in [1.165, 1.54) is 6.92 Å². The van der Waals surface area contributed by atoms with Crippen molar-refractivity contribution < 1.29 is 14.4 Å². The number of carbonyl (C=O) groups is 3. The molecule has 1 unspecified atom stereocenters. The van der Waals surface area contributed by atoms with Gasteiger partial charge in [-0.2, -0.15) is 0 Å². The molecule has 0 spiro atoms. The Morgan fingerprint density at radius 3 is 2.57 bits per heavy atom. The van der Waals surface area contributed by atoms with Crippen molar-refractivity contribution in [2.45, 2.75) is 19.8 Å². The molecule has 1 atom stereocenters. The molecule has 1 aliphatic heterocycles. The van der Waals surface area contributed by atoms with E-state index in [2.05, 4.69) is 5.32 Å². The lowest BCUT2D eigenvalue weighted by atomic mass is 10.1. The van der Waals surface area contributed by atoms with Crippen LogP contribution in [0.3, 0.4) is 0 Å². The van der Waals surface area contributed by atoms with Crippen LogP contribution in [-0.4, -0.2) is 29.3 Å². The Labute approximate surface area is 81.4 Å². The van der Waals surface area contributed by atoms with Gasteiger partial charge in [0, 0.05) is 6.54 Å². The first-order chi connectivity index (χ1) is 6.59. The lowest BCUT2D eigenvalue weighted by Crippen LogP contribution is -2.57. The van der Waals surface area contributed by atoms with E-state index in [9.17, 15) is 14.4 Å². The van der Waals surface area contributed by atoms with Crippen molar-refractivity contribution in [2.24, 2.45) is 11.8 Å². The topological polar surface area (TPSA) is 66.5 Å². The van der Waals surface area contributed by atoms with Gasteiger partial charge in [0.05, 0.1) is 0 Å². The van der Waals surface area contributed by atoms with Gasteiger partial charge in [0.15, 0.2) is 0 Å². The third kappa shape index (κ3) is 1.49. The number of hydrogen-bond acceptors (Lipinski definition) is 3. The van der Waals surface area contributed by atoms with Crippen LogP contribution < -0.4 is 5.32 Å². The van der Waals surface area contributed by atoms with Crippen molar-refractivity contribution in [1.82, 2.24) is 10.2 Å². The second-order valence-electron chi connectivity index (χ2n) is 3.91. The molecule has 1 heterocycles. The van der Waals surface area contributed by atoms with Gasteiger partial charge in [-0.05, 0) is 25.7 Å². The molecule has 2 fully saturated rings. The monoisotopic (exact) mass is 196 g/mol. The molecule has 0 aromatic rings. The molecule has 1 aliphatic carbocycles. The summed E-state index contributed by atoms with van der Waals surface area (Å²) in [5, 5.41) is 2.17. The first-order valence-electron chi connectivity index (χ1n) is 4.76. The summed E-state index contributed by atoms with van der Waals surface area (Å²) in [6.45, 7) is 1.98. The maximum Gasteiger partial charge on any atom is 0.330 e. The molecule has 2 rings (SSSR count). The fourth-order valence-electron chi connectivity index (χ4n) is 1.46. The van der Waals surface area contributed by atoms with E-state index >= 15 is 0 Å². The molecule has 14 heavy (non-hydrogen) atoms. The third-order valence-electron chi connectivity index (χ3n) is 2.64. The Hall–Kier alpha value is -1.39. The van der Waals surface area contributed by atoms with Crippen LogP contribution in [0.25, 0.3) is 0 Å². The lowest BCUT2D eigenvalue weighted by molar-refractivity contribution is -0.141. The predicted octanol–water partition coefficient (Wildman–Crippen LogP) is 0.111. The smallest absolute Gasteiger partial charge is 0.277 e. The SMILES string of the molecule is CC1C(=O)NC(=O)N(CC2CC2)C1=O. The second-order valence-corrected chi connectivity index (χ2v) is 3.91. The summed E-state index contributed by atoms with van der Waals surface area (Å²) >= 11 is 0. The summed E-state index contributed by atoms with van der Waals surface area (Å²) in [6, 6.07) is -0.565. The van der Waals surface area contributed by atoms with Gasteiger partial charge < -0.3 is 0 Å². The summed E-state index contributed by atoms with van der Waals surface area (Å²) in [5.74, 6) is -1.14. The van der Waals surface area contributed by atoms with E-state index in [1.807, 2.05) is 0 Å². The zero-order chi connectivity index (χ0) is 10.3. The highest BCUT2D eigenvalue weighted by Crippen LogP contribution is 2.30. The maximum atomic E-state index is 11.6. The maximum absolute atomic E-state index is 11.6. The first-order valence-corrected chi connectivity index (χ1v) is 4.76. The van der Waals surface area contributed by atoms with E-state index in [4.69, 9.17) is 0 Å². The van der Waals surface area contributed by atoms with Crippen LogP contribution in [0.15, 0.2) is 0 Å². The van der Waals surface area contributed by atoms with Crippen LogP contribution in [-0.2, 0) is 9.59 Å². The highest BCUT2D eigenvalue weighted by molar-refractivity contribution is 6.15. The molecule has 2 aliphatic rings. The number of rotatable bonds is 2. The number of nitrogens with zero attached hydrogens (tertiary/aromatic N) is 1. The minimum atomic E-state index is -0.730. The third-order valence-corrected chi connectivity index (χ3v) is 2.64. The van der Waals surface area contributed by atoms with Crippen LogP contribution in [0.5, 0.6) is 0 Å². The van der Waals surface area contributed by atoms with E-state index < -0.39 is 17.9 Å². The average Bonchev–Trinajstić information content (AvgIpc) is 2.92. The van der Waals surface area contributed by atoms with Gasteiger partial charge in [-0.25, -0.2) is 4.79 Å². The molecule has 5 nitrogen and oxygen atoms in total. The molecule has 0 radical (unpaired) electrons. The van der Waals surface area contributed by atoms with E-state index in [-0.39, 0.29) is 5.91 Å². The van der Waals surface area contributed by atoms with Crippen molar-refractivity contribution in [3.8, 4) is 0 Å². The van der Waals surface area contributed by atoms with Crippen LogP contribution in [0.1, 0.15) is 19.8 Å². The highest BCUT2D eigenvalue weighted by atomic mass is 16.2. The average molecular weight is 196 g/mol. The number of amides is 4. The standard InChI is InChI=1S/C9H12N2O3/c1-5-7(12)10-9(14)11(8(5)13)4-6-2-3-6/h5-6H,2-4H2,1H3,(H,10,12,14). The van der Waals surface area contributed by atoms with Gasteiger partial charge in [-0.1, -0.05) is 0 Å². The predicted molar refractivity (Wildman–Crippen MR) is 47.1 cm³/mol. The van der Waals surface area contributed by atoms with E-state index in [1.54, 1.807) is 0 Å². The molecule has 5 heteroatoms. The van der Waals surface area contributed by atoms with Crippen LogP contribution in [0.4, 0.5) is 4.79 Å². The van der Waals surface area contributed by atoms with Gasteiger partial charge in [0.1, 0.15) is 5.92 Å². The molecular weight excluding hydrogens is 184 g/mol. The van der Waals surface area contributed by atoms with Crippen molar-refractivity contribution in [3.05, 3.63) is 0 Å². The lowest BCUT2D eigenvalue weighted by Gasteiger charge is -2.28. The van der Waals surface area contributed by atoms with E-state index in [0.717, 1.165) is 17.7 Å². The Bertz CT molecular complexity index is 309. The molecule has 76 valence electrons. The van der Waals surface area contributed by atoms with Gasteiger partial charge in [0.2, 0.25) is 11.8 Å². The normalized spacial score (nSPS) is 27.9. The highest BCUT2D eigenvalue weighted by Gasteiger charge is 2.39. The number of barbiturate groups is 1. The van der Waals surface area contributed by atoms with Gasteiger partial charge >= 0.3 is 6.03 Å². The van der Waals surface area contributed by atoms with Crippen molar-refractivity contribution in [1.29, 1.82) is 0 Å². The summed E-state index contributed by atoms with van der Waals surface area (Å²) < 4.78 is 0. The largest absolute Gasteiger partial charge is 0.330 e. The molecule has 0 aromatic heterocycles. The van der Waals surface area contributed by atoms with Crippen molar-refractivity contribution in [3.63, 3.8) is 0 Å². The van der Waals surface area contributed by atoms with Crippen LogP contribution in [0.2, 0.25) is 0 Å². The fraction of sp³-hybridized carbons (Fsp3) is 0.667. The number of hydrogen-bond donors (Lipinski definition) is 1. The summed E-state index contributed by atoms with van der Waals surface area (Å²) in [5.41, 5.74) is 0. The Morgan fingerprint density at radius 1 is 1.36 bits per heavy atom. The second kappa shape index (κ2) is 3.08. The van der Waals surface area contributed by atoms with Crippen LogP contribution >= 0.6 is 0 Å². The molecule has 4 amide bonds. The number of carbonyl (C=O) groups excluding carboxylic acids is 3.